The molecule has 0 fully saturated rings. The molecule has 0 saturated heterocycles. The zero-order chi connectivity index (χ0) is 14.4. The predicted octanol–water partition coefficient (Wildman–Crippen LogP) is 3.71. The van der Waals surface area contributed by atoms with Crippen LogP contribution in [-0.2, 0) is 12.8 Å². The highest BCUT2D eigenvalue weighted by Gasteiger charge is 2.14. The lowest BCUT2D eigenvalue weighted by Crippen LogP contribution is -2.34. The Bertz CT molecular complexity index is 525. The first-order valence-electron chi connectivity index (χ1n) is 6.88. The van der Waals surface area contributed by atoms with Gasteiger partial charge in [0.1, 0.15) is 17.4 Å². The summed E-state index contributed by atoms with van der Waals surface area (Å²) in [5.74, 6) is -0.177. The van der Waals surface area contributed by atoms with Gasteiger partial charge >= 0.3 is 0 Å². The van der Waals surface area contributed by atoms with Crippen molar-refractivity contribution in [3.63, 3.8) is 0 Å². The molecule has 0 radical (unpaired) electrons. The molecule has 1 aromatic heterocycles. The van der Waals surface area contributed by atoms with Gasteiger partial charge in [0.25, 0.3) is 0 Å². The van der Waals surface area contributed by atoms with Crippen molar-refractivity contribution in [2.75, 3.05) is 6.54 Å². The fraction of sp³-hybridized carbons (Fsp3) is 0.375. The maximum Gasteiger partial charge on any atom is 0.129 e. The zero-order valence-electron chi connectivity index (χ0n) is 11.5. The zero-order valence-corrected chi connectivity index (χ0v) is 11.5. The molecule has 0 aliphatic heterocycles. The van der Waals surface area contributed by atoms with Crippen molar-refractivity contribution in [2.45, 2.75) is 32.2 Å². The van der Waals surface area contributed by atoms with E-state index in [1.165, 1.54) is 12.1 Å². The molecule has 1 N–H and O–H groups in total. The Balaban J connectivity index is 2.06. The minimum absolute atomic E-state index is 0.0704. The first-order valence-corrected chi connectivity index (χ1v) is 6.88. The van der Waals surface area contributed by atoms with Gasteiger partial charge in [-0.1, -0.05) is 13.0 Å². The summed E-state index contributed by atoms with van der Waals surface area (Å²) in [5.41, 5.74) is 0.520. The highest BCUT2D eigenvalue weighted by Crippen LogP contribution is 2.14. The van der Waals surface area contributed by atoms with Gasteiger partial charge in [-0.25, -0.2) is 8.78 Å². The van der Waals surface area contributed by atoms with Crippen LogP contribution >= 0.6 is 0 Å². The van der Waals surface area contributed by atoms with E-state index in [1.807, 2.05) is 12.1 Å². The maximum absolute atomic E-state index is 13.7. The molecule has 1 atom stereocenters. The van der Waals surface area contributed by atoms with Gasteiger partial charge in [0.15, 0.2) is 0 Å². The Morgan fingerprint density at radius 2 is 2.05 bits per heavy atom. The first kappa shape index (κ1) is 14.7. The Labute approximate surface area is 117 Å². The third-order valence-corrected chi connectivity index (χ3v) is 3.19. The summed E-state index contributed by atoms with van der Waals surface area (Å²) in [7, 11) is 0. The Kier molecular flexibility index (Phi) is 5.30. The van der Waals surface area contributed by atoms with E-state index >= 15 is 0 Å². The minimum atomic E-state index is -0.546. The van der Waals surface area contributed by atoms with Crippen LogP contribution in [0, 0.1) is 11.6 Å². The summed E-state index contributed by atoms with van der Waals surface area (Å²) >= 11 is 0. The van der Waals surface area contributed by atoms with Gasteiger partial charge in [0.2, 0.25) is 0 Å². The Morgan fingerprint density at radius 3 is 2.70 bits per heavy atom. The van der Waals surface area contributed by atoms with Crippen molar-refractivity contribution in [1.82, 2.24) is 5.32 Å². The fourth-order valence-corrected chi connectivity index (χ4v) is 2.19. The number of halogens is 2. The van der Waals surface area contributed by atoms with E-state index in [2.05, 4.69) is 12.2 Å². The van der Waals surface area contributed by atoms with Gasteiger partial charge in [-0.15, -0.1) is 0 Å². The summed E-state index contributed by atoms with van der Waals surface area (Å²) in [6, 6.07) is 7.54. The van der Waals surface area contributed by atoms with Gasteiger partial charge in [-0.3, -0.25) is 0 Å². The van der Waals surface area contributed by atoms with Crippen LogP contribution in [0.4, 0.5) is 8.78 Å². The largest absolute Gasteiger partial charge is 0.469 e. The van der Waals surface area contributed by atoms with Crippen LogP contribution in [0.1, 0.15) is 24.7 Å². The summed E-state index contributed by atoms with van der Waals surface area (Å²) in [6.45, 7) is 2.93. The molecule has 4 heteroatoms. The number of benzene rings is 1. The van der Waals surface area contributed by atoms with Gasteiger partial charge in [0.05, 0.1) is 6.26 Å². The van der Waals surface area contributed by atoms with Crippen molar-refractivity contribution < 1.29 is 13.2 Å². The summed E-state index contributed by atoms with van der Waals surface area (Å²) < 4.78 is 32.0. The highest BCUT2D eigenvalue weighted by atomic mass is 19.1. The van der Waals surface area contributed by atoms with Gasteiger partial charge in [0, 0.05) is 18.5 Å². The second-order valence-corrected chi connectivity index (χ2v) is 4.87. The van der Waals surface area contributed by atoms with Crippen LogP contribution in [0.25, 0.3) is 0 Å². The van der Waals surface area contributed by atoms with Crippen LogP contribution in [-0.4, -0.2) is 12.6 Å². The molecule has 108 valence electrons. The first-order chi connectivity index (χ1) is 9.69. The normalized spacial score (nSPS) is 12.6. The van der Waals surface area contributed by atoms with Crippen molar-refractivity contribution in [2.24, 2.45) is 0 Å². The average molecular weight is 279 g/mol. The minimum Gasteiger partial charge on any atom is -0.469 e. The van der Waals surface area contributed by atoms with Crippen LogP contribution in [0.2, 0.25) is 0 Å². The summed E-state index contributed by atoms with van der Waals surface area (Å²) in [5, 5.41) is 3.38. The molecular weight excluding hydrogens is 260 g/mol. The van der Waals surface area contributed by atoms with E-state index in [-0.39, 0.29) is 6.04 Å². The van der Waals surface area contributed by atoms with E-state index in [0.29, 0.717) is 18.4 Å². The standard InChI is InChI=1S/C16H19F2NO/c1-2-7-19-14(11-15-4-3-8-20-15)9-12-5-6-13(17)10-16(12)18/h3-6,8,10,14,19H,2,7,9,11H2,1H3. The number of hydrogen-bond donors (Lipinski definition) is 1. The summed E-state index contributed by atoms with van der Waals surface area (Å²) in [4.78, 5) is 0. The van der Waals surface area contributed by atoms with Crippen LogP contribution in [0.5, 0.6) is 0 Å². The molecular formula is C16H19F2NO. The van der Waals surface area contributed by atoms with Crippen LogP contribution in [0.15, 0.2) is 41.0 Å². The smallest absolute Gasteiger partial charge is 0.129 e. The molecule has 0 saturated carbocycles. The molecule has 2 rings (SSSR count). The van der Waals surface area contributed by atoms with E-state index in [0.717, 1.165) is 24.8 Å². The van der Waals surface area contributed by atoms with E-state index in [4.69, 9.17) is 4.42 Å². The highest BCUT2D eigenvalue weighted by molar-refractivity contribution is 5.20. The molecule has 0 aliphatic carbocycles. The fourth-order valence-electron chi connectivity index (χ4n) is 2.19. The monoisotopic (exact) mass is 279 g/mol. The average Bonchev–Trinajstić information content (AvgIpc) is 2.92. The molecule has 1 unspecified atom stereocenters. The van der Waals surface area contributed by atoms with Crippen LogP contribution in [0.3, 0.4) is 0 Å². The van der Waals surface area contributed by atoms with E-state index < -0.39 is 11.6 Å². The lowest BCUT2D eigenvalue weighted by atomic mass is 10.0. The molecule has 0 spiro atoms. The Hall–Kier alpha value is -1.68. The molecule has 0 bridgehead atoms. The third kappa shape index (κ3) is 4.17. The van der Waals surface area contributed by atoms with Crippen molar-refractivity contribution >= 4 is 0 Å². The van der Waals surface area contributed by atoms with E-state index in [1.54, 1.807) is 6.26 Å². The maximum atomic E-state index is 13.7. The number of rotatable bonds is 7. The number of nitrogens with one attached hydrogen (secondary N) is 1. The number of furan rings is 1. The molecule has 0 aliphatic rings. The van der Waals surface area contributed by atoms with Gasteiger partial charge < -0.3 is 9.73 Å². The topological polar surface area (TPSA) is 25.2 Å². The molecule has 2 nitrogen and oxygen atoms in total. The molecule has 1 heterocycles. The van der Waals surface area contributed by atoms with Crippen molar-refractivity contribution in [3.8, 4) is 0 Å². The molecule has 20 heavy (non-hydrogen) atoms. The third-order valence-electron chi connectivity index (χ3n) is 3.19. The van der Waals surface area contributed by atoms with Gasteiger partial charge in [-0.05, 0) is 43.1 Å². The molecule has 0 amide bonds. The molecule has 1 aromatic carbocycles. The van der Waals surface area contributed by atoms with Crippen molar-refractivity contribution in [3.05, 3.63) is 59.6 Å². The quantitative estimate of drug-likeness (QED) is 0.835. The second kappa shape index (κ2) is 7.20. The lowest BCUT2D eigenvalue weighted by molar-refractivity contribution is 0.433. The SMILES string of the molecule is CCCNC(Cc1ccco1)Cc1ccc(F)cc1F. The van der Waals surface area contributed by atoms with Crippen molar-refractivity contribution in [1.29, 1.82) is 0 Å². The Morgan fingerprint density at radius 1 is 1.20 bits per heavy atom. The summed E-state index contributed by atoms with van der Waals surface area (Å²) in [6.07, 6.45) is 3.82. The van der Waals surface area contributed by atoms with Gasteiger partial charge in [-0.2, -0.15) is 0 Å². The number of hydrogen-bond acceptors (Lipinski definition) is 2. The van der Waals surface area contributed by atoms with E-state index in [9.17, 15) is 8.78 Å². The predicted molar refractivity (Wildman–Crippen MR) is 74.6 cm³/mol. The van der Waals surface area contributed by atoms with Crippen LogP contribution < -0.4 is 5.32 Å². The second-order valence-electron chi connectivity index (χ2n) is 4.87. The molecule has 2 aromatic rings. The lowest BCUT2D eigenvalue weighted by Gasteiger charge is -2.18.